The van der Waals surface area contributed by atoms with Gasteiger partial charge in [-0.15, -0.1) is 0 Å². The summed E-state index contributed by atoms with van der Waals surface area (Å²) in [4.78, 5) is 17.5. The van der Waals surface area contributed by atoms with Gasteiger partial charge in [-0.2, -0.15) is 15.0 Å². The van der Waals surface area contributed by atoms with Crippen molar-refractivity contribution in [2.24, 2.45) is 0 Å². The highest BCUT2D eigenvalue weighted by Gasteiger charge is 2.20. The summed E-state index contributed by atoms with van der Waals surface area (Å²) in [6, 6.07) is 14.0. The number of piperazine rings is 1. The second-order valence-electron chi connectivity index (χ2n) is 7.00. The van der Waals surface area contributed by atoms with Gasteiger partial charge >= 0.3 is 0 Å². The molecule has 9 heteroatoms. The molecule has 0 spiro atoms. The zero-order valence-corrected chi connectivity index (χ0v) is 16.8. The third kappa shape index (κ3) is 4.74. The molecule has 0 amide bonds. The van der Waals surface area contributed by atoms with E-state index in [-0.39, 0.29) is 11.8 Å². The SMILES string of the molecule is COc1ccccc1N1CCN(Cc2nc(N)nc(Nc3ccc(F)cc3)n2)CC1. The van der Waals surface area contributed by atoms with E-state index in [0.717, 1.165) is 37.6 Å². The Kier molecular flexibility index (Phi) is 5.89. The predicted molar refractivity (Wildman–Crippen MR) is 114 cm³/mol. The molecule has 1 aliphatic rings. The molecule has 0 saturated carbocycles. The predicted octanol–water partition coefficient (Wildman–Crippen LogP) is 2.67. The third-order valence-electron chi connectivity index (χ3n) is 4.96. The maximum absolute atomic E-state index is 13.1. The van der Waals surface area contributed by atoms with Gasteiger partial charge in [-0.05, 0) is 36.4 Å². The Morgan fingerprint density at radius 2 is 1.73 bits per heavy atom. The number of ether oxygens (including phenoxy) is 1. The number of nitrogen functional groups attached to an aromatic ring is 1. The maximum Gasteiger partial charge on any atom is 0.232 e. The molecule has 1 aliphatic heterocycles. The fraction of sp³-hybridized carbons (Fsp3) is 0.286. The van der Waals surface area contributed by atoms with E-state index in [9.17, 15) is 4.39 Å². The van der Waals surface area contributed by atoms with Gasteiger partial charge in [0, 0.05) is 31.9 Å². The van der Waals surface area contributed by atoms with Crippen LogP contribution < -0.4 is 20.7 Å². The molecule has 8 nitrogen and oxygen atoms in total. The lowest BCUT2D eigenvalue weighted by atomic mass is 10.2. The molecule has 0 radical (unpaired) electrons. The molecule has 2 heterocycles. The van der Waals surface area contributed by atoms with Gasteiger partial charge in [-0.25, -0.2) is 4.39 Å². The first-order valence-corrected chi connectivity index (χ1v) is 9.74. The van der Waals surface area contributed by atoms with E-state index in [2.05, 4.69) is 36.1 Å². The van der Waals surface area contributed by atoms with Crippen LogP contribution in [-0.4, -0.2) is 53.1 Å². The van der Waals surface area contributed by atoms with Crippen molar-refractivity contribution >= 4 is 23.3 Å². The molecule has 0 unspecified atom stereocenters. The molecule has 0 aliphatic carbocycles. The average Bonchev–Trinajstić information content (AvgIpc) is 2.75. The lowest BCUT2D eigenvalue weighted by Crippen LogP contribution is -2.46. The topological polar surface area (TPSA) is 92.4 Å². The van der Waals surface area contributed by atoms with Gasteiger partial charge in [0.25, 0.3) is 0 Å². The number of halogens is 1. The van der Waals surface area contributed by atoms with Crippen LogP contribution in [0.3, 0.4) is 0 Å². The number of anilines is 4. The van der Waals surface area contributed by atoms with Gasteiger partial charge in [0.1, 0.15) is 17.4 Å². The van der Waals surface area contributed by atoms with E-state index in [1.807, 2.05) is 18.2 Å². The van der Waals surface area contributed by atoms with Crippen LogP contribution in [0.15, 0.2) is 48.5 Å². The smallest absolute Gasteiger partial charge is 0.232 e. The number of nitrogens with one attached hydrogen (secondary N) is 1. The van der Waals surface area contributed by atoms with Crippen LogP contribution in [0.25, 0.3) is 0 Å². The van der Waals surface area contributed by atoms with Crippen molar-refractivity contribution in [2.75, 3.05) is 49.2 Å². The Morgan fingerprint density at radius 1 is 1.00 bits per heavy atom. The summed E-state index contributed by atoms with van der Waals surface area (Å²) in [5, 5.41) is 3.04. The summed E-state index contributed by atoms with van der Waals surface area (Å²) in [6.07, 6.45) is 0. The minimum atomic E-state index is -0.302. The molecule has 1 aromatic heterocycles. The molecule has 4 rings (SSSR count). The van der Waals surface area contributed by atoms with Crippen molar-refractivity contribution < 1.29 is 9.13 Å². The molecule has 0 bridgehead atoms. The van der Waals surface area contributed by atoms with Crippen molar-refractivity contribution in [3.8, 4) is 5.75 Å². The standard InChI is InChI=1S/C21H24FN7O/c1-30-18-5-3-2-4-17(18)29-12-10-28(11-13-29)14-19-25-20(23)27-21(26-19)24-16-8-6-15(22)7-9-16/h2-9H,10-14H2,1H3,(H3,23,24,25,26,27). The second kappa shape index (κ2) is 8.91. The van der Waals surface area contributed by atoms with Gasteiger partial charge in [0.05, 0.1) is 19.3 Å². The number of benzene rings is 2. The summed E-state index contributed by atoms with van der Waals surface area (Å²) < 4.78 is 18.6. The molecular formula is C21H24FN7O. The molecule has 2 aromatic carbocycles. The first-order chi connectivity index (χ1) is 14.6. The summed E-state index contributed by atoms with van der Waals surface area (Å²) in [7, 11) is 1.69. The van der Waals surface area contributed by atoms with E-state index in [1.165, 1.54) is 12.1 Å². The minimum absolute atomic E-state index is 0.150. The first kappa shape index (κ1) is 19.8. The Balaban J connectivity index is 1.39. The number of methoxy groups -OCH3 is 1. The fourth-order valence-electron chi connectivity index (χ4n) is 3.46. The molecule has 1 fully saturated rings. The monoisotopic (exact) mass is 409 g/mol. The largest absolute Gasteiger partial charge is 0.495 e. The van der Waals surface area contributed by atoms with Crippen molar-refractivity contribution in [3.63, 3.8) is 0 Å². The lowest BCUT2D eigenvalue weighted by Gasteiger charge is -2.36. The number of para-hydroxylation sites is 2. The van der Waals surface area contributed by atoms with Crippen LogP contribution in [-0.2, 0) is 6.54 Å². The average molecular weight is 409 g/mol. The van der Waals surface area contributed by atoms with Crippen molar-refractivity contribution in [3.05, 3.63) is 60.2 Å². The van der Waals surface area contributed by atoms with Crippen molar-refractivity contribution in [1.29, 1.82) is 0 Å². The van der Waals surface area contributed by atoms with Crippen LogP contribution in [0, 0.1) is 5.82 Å². The van der Waals surface area contributed by atoms with Crippen molar-refractivity contribution in [2.45, 2.75) is 6.54 Å². The Morgan fingerprint density at radius 3 is 2.47 bits per heavy atom. The van der Waals surface area contributed by atoms with Gasteiger partial charge < -0.3 is 20.7 Å². The highest BCUT2D eigenvalue weighted by atomic mass is 19.1. The Labute approximate surface area is 174 Å². The lowest BCUT2D eigenvalue weighted by molar-refractivity contribution is 0.243. The quantitative estimate of drug-likeness (QED) is 0.642. The molecule has 3 aromatic rings. The van der Waals surface area contributed by atoms with E-state index >= 15 is 0 Å². The fourth-order valence-corrected chi connectivity index (χ4v) is 3.46. The molecule has 0 atom stereocenters. The van der Waals surface area contributed by atoms with Gasteiger partial charge in [-0.3, -0.25) is 4.90 Å². The van der Waals surface area contributed by atoms with Gasteiger partial charge in [0.15, 0.2) is 0 Å². The summed E-state index contributed by atoms with van der Waals surface area (Å²) in [5.74, 6) is 1.67. The van der Waals surface area contributed by atoms with E-state index in [0.29, 0.717) is 24.0 Å². The van der Waals surface area contributed by atoms with Crippen molar-refractivity contribution in [1.82, 2.24) is 19.9 Å². The minimum Gasteiger partial charge on any atom is -0.495 e. The van der Waals surface area contributed by atoms with Crippen LogP contribution in [0.1, 0.15) is 5.82 Å². The highest BCUT2D eigenvalue weighted by molar-refractivity contribution is 5.58. The summed E-state index contributed by atoms with van der Waals surface area (Å²) >= 11 is 0. The Hall–Kier alpha value is -3.46. The third-order valence-corrected chi connectivity index (χ3v) is 4.96. The zero-order chi connectivity index (χ0) is 20.9. The molecule has 1 saturated heterocycles. The van der Waals surface area contributed by atoms with E-state index < -0.39 is 0 Å². The number of nitrogens with zero attached hydrogens (tertiary/aromatic N) is 5. The first-order valence-electron chi connectivity index (χ1n) is 9.74. The molecule has 156 valence electrons. The van der Waals surface area contributed by atoms with Crippen LogP contribution >= 0.6 is 0 Å². The van der Waals surface area contributed by atoms with Crippen LogP contribution in [0.5, 0.6) is 5.75 Å². The van der Waals surface area contributed by atoms with Gasteiger partial charge in [0.2, 0.25) is 11.9 Å². The number of nitrogens with two attached hydrogens (primary N) is 1. The van der Waals surface area contributed by atoms with E-state index in [4.69, 9.17) is 10.5 Å². The number of rotatable bonds is 6. The maximum atomic E-state index is 13.1. The normalized spacial score (nSPS) is 14.5. The summed E-state index contributed by atoms with van der Waals surface area (Å²) in [6.45, 7) is 4.06. The second-order valence-corrected chi connectivity index (χ2v) is 7.00. The van der Waals surface area contributed by atoms with Gasteiger partial charge in [-0.1, -0.05) is 12.1 Å². The Bertz CT molecular complexity index is 991. The number of hydrogen-bond acceptors (Lipinski definition) is 8. The molecule has 30 heavy (non-hydrogen) atoms. The van der Waals surface area contributed by atoms with Crippen LogP contribution in [0.2, 0.25) is 0 Å². The van der Waals surface area contributed by atoms with E-state index in [1.54, 1.807) is 19.2 Å². The number of aromatic nitrogens is 3. The molecular weight excluding hydrogens is 385 g/mol. The molecule has 3 N–H and O–H groups in total. The zero-order valence-electron chi connectivity index (χ0n) is 16.8. The number of hydrogen-bond donors (Lipinski definition) is 2. The van der Waals surface area contributed by atoms with Crippen LogP contribution in [0.4, 0.5) is 27.7 Å². The summed E-state index contributed by atoms with van der Waals surface area (Å²) in [5.41, 5.74) is 7.65. The highest BCUT2D eigenvalue weighted by Crippen LogP contribution is 2.28.